The molecular weight excluding hydrogens is 635 g/mol. The molecular formula is C37H47N9O2S. The molecule has 1 saturated heterocycles. The molecule has 1 atom stereocenters. The van der Waals surface area contributed by atoms with Crippen LogP contribution in [0.4, 0.5) is 0 Å². The number of hydrogen-bond acceptors (Lipinski definition) is 9. The highest BCUT2D eigenvalue weighted by atomic mass is 32.1. The molecule has 0 bridgehead atoms. The van der Waals surface area contributed by atoms with Crippen molar-refractivity contribution >= 4 is 34.5 Å². The molecule has 49 heavy (non-hydrogen) atoms. The molecule has 12 heteroatoms. The number of carbonyl (C=O) groups is 1. The molecule has 3 fully saturated rings. The highest BCUT2D eigenvalue weighted by Crippen LogP contribution is 2.51. The van der Waals surface area contributed by atoms with Crippen LogP contribution in [-0.2, 0) is 4.79 Å². The highest BCUT2D eigenvalue weighted by Gasteiger charge is 2.47. The van der Waals surface area contributed by atoms with Gasteiger partial charge in [0, 0.05) is 29.6 Å². The van der Waals surface area contributed by atoms with Crippen LogP contribution in [0.25, 0.3) is 5.00 Å². The molecule has 11 nitrogen and oxygen atoms in total. The van der Waals surface area contributed by atoms with E-state index < -0.39 is 0 Å². The number of hydrogen-bond donors (Lipinski definition) is 3. The molecule has 2 saturated carbocycles. The molecule has 258 valence electrons. The average Bonchev–Trinajstić information content (AvgIpc) is 3.58. The van der Waals surface area contributed by atoms with E-state index in [-0.39, 0.29) is 29.1 Å². The second-order valence-corrected chi connectivity index (χ2v) is 15.7. The first kappa shape index (κ1) is 33.3. The Balaban J connectivity index is 0.923. The van der Waals surface area contributed by atoms with E-state index in [0.29, 0.717) is 18.4 Å². The second kappa shape index (κ2) is 13.6. The summed E-state index contributed by atoms with van der Waals surface area (Å²) in [6, 6.07) is 4.03. The fourth-order valence-electron chi connectivity index (χ4n) is 8.16. The number of thiophene rings is 1. The number of likely N-dealkylation sites (tertiary alicyclic amines) is 1. The number of carbonyl (C=O) groups excluding carboxylic acids is 1. The van der Waals surface area contributed by atoms with Gasteiger partial charge in [-0.2, -0.15) is 0 Å². The summed E-state index contributed by atoms with van der Waals surface area (Å²) in [6.45, 7) is 10.6. The van der Waals surface area contributed by atoms with Gasteiger partial charge in [-0.15, -0.1) is 21.5 Å². The maximum atomic E-state index is 12.5. The quantitative estimate of drug-likeness (QED) is 0.185. The Morgan fingerprint density at radius 3 is 2.65 bits per heavy atom. The number of aromatic nitrogens is 4. The molecule has 2 aliphatic carbocycles. The fourth-order valence-corrected chi connectivity index (χ4v) is 9.37. The molecule has 3 aromatic rings. The van der Waals surface area contributed by atoms with Crippen LogP contribution in [0.15, 0.2) is 35.5 Å². The number of aryl methyl sites for hydroxylation is 2. The van der Waals surface area contributed by atoms with Crippen LogP contribution in [0.1, 0.15) is 104 Å². The van der Waals surface area contributed by atoms with Crippen LogP contribution >= 0.6 is 11.3 Å². The van der Waals surface area contributed by atoms with Gasteiger partial charge >= 0.3 is 0 Å². The van der Waals surface area contributed by atoms with Crippen LogP contribution in [0.2, 0.25) is 0 Å². The molecule has 5 heterocycles. The van der Waals surface area contributed by atoms with E-state index in [4.69, 9.17) is 25.5 Å². The fraction of sp³-hybridized carbons (Fsp3) is 0.541. The zero-order valence-corrected chi connectivity index (χ0v) is 29.8. The topological polar surface area (TPSA) is 145 Å². The van der Waals surface area contributed by atoms with Gasteiger partial charge < -0.3 is 15.0 Å². The monoisotopic (exact) mass is 681 g/mol. The first-order valence-corrected chi connectivity index (χ1v) is 18.5. The van der Waals surface area contributed by atoms with Gasteiger partial charge in [-0.05, 0) is 107 Å². The van der Waals surface area contributed by atoms with Gasteiger partial charge in [-0.25, -0.2) is 0 Å². The van der Waals surface area contributed by atoms with Crippen molar-refractivity contribution in [1.29, 1.82) is 10.8 Å². The summed E-state index contributed by atoms with van der Waals surface area (Å²) in [5, 5.41) is 29.7. The Morgan fingerprint density at radius 1 is 1.10 bits per heavy atom. The summed E-state index contributed by atoms with van der Waals surface area (Å²) in [6.07, 6.45) is 14.7. The number of aliphatic imine (C=N–C) groups is 1. The zero-order valence-electron chi connectivity index (χ0n) is 29.0. The van der Waals surface area contributed by atoms with Gasteiger partial charge in [0.15, 0.2) is 5.82 Å². The molecule has 3 aromatic heterocycles. The van der Waals surface area contributed by atoms with Gasteiger partial charge in [0.2, 0.25) is 0 Å². The van der Waals surface area contributed by atoms with Gasteiger partial charge in [0.25, 0.3) is 5.91 Å². The Bertz CT molecular complexity index is 1810. The number of amidine groups is 1. The van der Waals surface area contributed by atoms with E-state index in [1.165, 1.54) is 22.9 Å². The van der Waals surface area contributed by atoms with E-state index in [2.05, 4.69) is 45.8 Å². The smallest absolute Gasteiger partial charge is 0.269 e. The Hall–Kier alpha value is -4.19. The van der Waals surface area contributed by atoms with Gasteiger partial charge in [0.05, 0.1) is 24.2 Å². The maximum Gasteiger partial charge on any atom is 0.269 e. The molecule has 0 radical (unpaired) electrons. The van der Waals surface area contributed by atoms with Crippen LogP contribution in [-0.4, -0.2) is 73.6 Å². The minimum absolute atomic E-state index is 0.0797. The predicted molar refractivity (Wildman–Crippen MR) is 193 cm³/mol. The first-order chi connectivity index (χ1) is 23.6. The first-order valence-electron chi connectivity index (χ1n) is 17.7. The largest absolute Gasteiger partial charge is 0.492 e. The second-order valence-electron chi connectivity index (χ2n) is 14.5. The summed E-state index contributed by atoms with van der Waals surface area (Å²) in [7, 11) is 0. The number of ether oxygens (including phenoxy) is 1. The summed E-state index contributed by atoms with van der Waals surface area (Å²) < 4.78 is 8.39. The van der Waals surface area contributed by atoms with Gasteiger partial charge in [0.1, 0.15) is 34.2 Å². The Labute approximate surface area is 292 Å². The SMILES string of the molecule is Cc1sc2c(c1C)C(c1ccc(OCC3CC4(CCCN(C(=N)/C=C\C(=N)C(=O)NC5CCCCC5)C4)C3)cn1)=N[C@@H](C)c1nnc(C)n1-2. The highest BCUT2D eigenvalue weighted by molar-refractivity contribution is 7.15. The van der Waals surface area contributed by atoms with Crippen molar-refractivity contribution in [3.05, 3.63) is 63.8 Å². The number of pyridine rings is 1. The van der Waals surface area contributed by atoms with Crippen molar-refractivity contribution in [2.75, 3.05) is 19.7 Å². The van der Waals surface area contributed by atoms with Crippen molar-refractivity contribution in [2.24, 2.45) is 16.3 Å². The molecule has 0 unspecified atom stereocenters. The molecule has 2 aliphatic heterocycles. The van der Waals surface area contributed by atoms with Crippen molar-refractivity contribution < 1.29 is 9.53 Å². The van der Waals surface area contributed by atoms with Crippen molar-refractivity contribution in [3.8, 4) is 10.8 Å². The lowest BCUT2D eigenvalue weighted by molar-refractivity contribution is -0.115. The van der Waals surface area contributed by atoms with Crippen LogP contribution in [0.5, 0.6) is 5.75 Å². The van der Waals surface area contributed by atoms with Crippen molar-refractivity contribution in [3.63, 3.8) is 0 Å². The van der Waals surface area contributed by atoms with Crippen molar-refractivity contribution in [1.82, 2.24) is 30.0 Å². The van der Waals surface area contributed by atoms with Crippen LogP contribution in [0.3, 0.4) is 0 Å². The van der Waals surface area contributed by atoms with E-state index in [1.54, 1.807) is 17.4 Å². The van der Waals surface area contributed by atoms with E-state index in [0.717, 1.165) is 104 Å². The Morgan fingerprint density at radius 2 is 1.90 bits per heavy atom. The third-order valence-electron chi connectivity index (χ3n) is 10.9. The molecule has 7 rings (SSSR count). The Kier molecular flexibility index (Phi) is 9.25. The molecule has 1 amide bonds. The standard InChI is InChI=1S/C37H47N9O2S/c1-22-24(3)49-36-32(22)33(41-23(2)34-44-43-25(4)46(34)36)30-13-11-28(19-40-30)48-20-26-17-37(18-26)15-8-16-45(21-37)31(39)14-12-29(38)35(47)42-27-9-6-5-7-10-27/h11-14,19,23,26-27,38-39H,5-10,15-18,20-21H2,1-4H3,(H,42,47)/b14-12-,38-29?,39-31?/t23-,26?,37?/m0/s1. The van der Waals surface area contributed by atoms with Gasteiger partial charge in [-0.1, -0.05) is 19.3 Å². The molecule has 3 N–H and O–H groups in total. The lowest BCUT2D eigenvalue weighted by atomic mass is 9.58. The number of amides is 1. The number of nitrogens with zero attached hydrogens (tertiary/aromatic N) is 6. The number of fused-ring (bicyclic) bond motifs is 3. The van der Waals surface area contributed by atoms with Crippen LogP contribution < -0.4 is 10.1 Å². The number of nitrogens with one attached hydrogen (secondary N) is 3. The molecule has 0 aromatic carbocycles. The molecule has 1 spiro atoms. The minimum atomic E-state index is -0.339. The zero-order chi connectivity index (χ0) is 34.3. The maximum absolute atomic E-state index is 12.5. The third-order valence-corrected chi connectivity index (χ3v) is 12.0. The lowest BCUT2D eigenvalue weighted by Gasteiger charge is -2.53. The summed E-state index contributed by atoms with van der Waals surface area (Å²) in [5.74, 6) is 2.96. The minimum Gasteiger partial charge on any atom is -0.492 e. The summed E-state index contributed by atoms with van der Waals surface area (Å²) in [4.78, 5) is 25.8. The van der Waals surface area contributed by atoms with E-state index >= 15 is 0 Å². The van der Waals surface area contributed by atoms with Crippen LogP contribution in [0, 0.1) is 42.9 Å². The summed E-state index contributed by atoms with van der Waals surface area (Å²) in [5.41, 5.74) is 4.12. The molecule has 4 aliphatic rings. The number of rotatable bonds is 8. The van der Waals surface area contributed by atoms with Crippen molar-refractivity contribution in [2.45, 2.75) is 97.6 Å². The predicted octanol–water partition coefficient (Wildman–Crippen LogP) is 6.43. The summed E-state index contributed by atoms with van der Waals surface area (Å²) >= 11 is 1.74. The number of piperidine rings is 1. The average molecular weight is 682 g/mol. The third kappa shape index (κ3) is 6.71. The van der Waals surface area contributed by atoms with E-state index in [9.17, 15) is 4.79 Å². The van der Waals surface area contributed by atoms with Gasteiger partial charge in [-0.3, -0.25) is 30.2 Å². The van der Waals surface area contributed by atoms with E-state index in [1.807, 2.05) is 25.3 Å². The normalized spacial score (nSPS) is 23.8. The lowest BCUT2D eigenvalue weighted by Crippen LogP contribution is -2.52.